The van der Waals surface area contributed by atoms with Crippen molar-refractivity contribution < 1.29 is 27.8 Å². The molecule has 2 N–H and O–H groups in total. The van der Waals surface area contributed by atoms with E-state index >= 15 is 0 Å². The minimum atomic E-state index is -2.99. The van der Waals surface area contributed by atoms with Gasteiger partial charge in [0.2, 0.25) is 5.78 Å². The number of nitrogens with one attached hydrogen (secondary N) is 1. The number of carbonyl (C=O) groups is 1. The standard InChI is InChI=1S/C22H23NO6S/c1-13-20(24)15(11-23-16-7-8-30(26,27)12-16)10-18-21(25)19(29-22(13)18)9-14-3-5-17(28-2)6-4-14/h3-6,9-10,16,23-24H,7-8,11-12H2,1-2H3/b19-9-/t16-/m0/s1. The molecule has 8 heteroatoms. The fourth-order valence-electron chi connectivity index (χ4n) is 3.74. The molecule has 0 aliphatic carbocycles. The van der Waals surface area contributed by atoms with Crippen molar-refractivity contribution in [3.63, 3.8) is 0 Å². The van der Waals surface area contributed by atoms with Crippen LogP contribution < -0.4 is 14.8 Å². The molecule has 2 aliphatic heterocycles. The van der Waals surface area contributed by atoms with E-state index in [4.69, 9.17) is 9.47 Å². The minimum absolute atomic E-state index is 0.0422. The molecule has 2 heterocycles. The number of phenolic OH excluding ortho intramolecular Hbond substituents is 1. The second kappa shape index (κ2) is 7.77. The van der Waals surface area contributed by atoms with E-state index in [1.807, 2.05) is 12.1 Å². The highest BCUT2D eigenvalue weighted by Gasteiger charge is 2.32. The zero-order valence-electron chi connectivity index (χ0n) is 16.8. The zero-order chi connectivity index (χ0) is 21.5. The van der Waals surface area contributed by atoms with Crippen LogP contribution in [0.15, 0.2) is 36.1 Å². The molecule has 0 bridgehead atoms. The number of aromatic hydroxyl groups is 1. The van der Waals surface area contributed by atoms with Crippen LogP contribution in [0.4, 0.5) is 0 Å². The number of benzene rings is 2. The van der Waals surface area contributed by atoms with Crippen molar-refractivity contribution >= 4 is 21.7 Å². The Morgan fingerprint density at radius 2 is 2.03 bits per heavy atom. The van der Waals surface area contributed by atoms with Gasteiger partial charge in [-0.15, -0.1) is 0 Å². The monoisotopic (exact) mass is 429 g/mol. The van der Waals surface area contributed by atoms with Gasteiger partial charge in [0.25, 0.3) is 0 Å². The Kier molecular flexibility index (Phi) is 5.29. The number of hydrogen-bond acceptors (Lipinski definition) is 7. The molecule has 0 aromatic heterocycles. The summed E-state index contributed by atoms with van der Waals surface area (Å²) in [7, 11) is -1.41. The predicted octanol–water partition coefficient (Wildman–Crippen LogP) is 2.60. The molecule has 30 heavy (non-hydrogen) atoms. The average molecular weight is 429 g/mol. The van der Waals surface area contributed by atoms with Crippen molar-refractivity contribution in [1.82, 2.24) is 5.32 Å². The molecule has 0 unspecified atom stereocenters. The number of ketones is 1. The fourth-order valence-corrected chi connectivity index (χ4v) is 5.45. The van der Waals surface area contributed by atoms with Crippen molar-refractivity contribution in [1.29, 1.82) is 0 Å². The Bertz CT molecular complexity index is 1140. The van der Waals surface area contributed by atoms with Gasteiger partial charge in [-0.1, -0.05) is 12.1 Å². The number of fused-ring (bicyclic) bond motifs is 1. The van der Waals surface area contributed by atoms with E-state index in [1.54, 1.807) is 38.3 Å². The van der Waals surface area contributed by atoms with Gasteiger partial charge in [0, 0.05) is 23.7 Å². The molecule has 0 amide bonds. The molecule has 2 aliphatic rings. The van der Waals surface area contributed by atoms with E-state index in [9.17, 15) is 18.3 Å². The van der Waals surface area contributed by atoms with Crippen molar-refractivity contribution in [3.05, 3.63) is 58.3 Å². The van der Waals surface area contributed by atoms with Crippen LogP contribution in [0.3, 0.4) is 0 Å². The van der Waals surface area contributed by atoms with Gasteiger partial charge >= 0.3 is 0 Å². The van der Waals surface area contributed by atoms with E-state index in [1.165, 1.54) is 0 Å². The number of phenols is 1. The van der Waals surface area contributed by atoms with Crippen LogP contribution in [0.1, 0.15) is 33.5 Å². The summed E-state index contributed by atoms with van der Waals surface area (Å²) in [5.41, 5.74) is 2.20. The van der Waals surface area contributed by atoms with Gasteiger partial charge in [0.1, 0.15) is 17.2 Å². The third-order valence-electron chi connectivity index (χ3n) is 5.47. The Hall–Kier alpha value is -2.84. The maximum atomic E-state index is 12.9. The lowest BCUT2D eigenvalue weighted by Crippen LogP contribution is -2.29. The quantitative estimate of drug-likeness (QED) is 0.705. The lowest BCUT2D eigenvalue weighted by Gasteiger charge is -2.14. The first-order chi connectivity index (χ1) is 14.3. The highest BCUT2D eigenvalue weighted by atomic mass is 32.2. The maximum absolute atomic E-state index is 12.9. The highest BCUT2D eigenvalue weighted by Crippen LogP contribution is 2.41. The van der Waals surface area contributed by atoms with E-state index in [2.05, 4.69) is 5.32 Å². The zero-order valence-corrected chi connectivity index (χ0v) is 17.6. The van der Waals surface area contributed by atoms with Crippen LogP contribution in [-0.4, -0.2) is 44.0 Å². The molecule has 1 fully saturated rings. The van der Waals surface area contributed by atoms with Gasteiger partial charge in [0.05, 0.1) is 24.2 Å². The molecule has 4 rings (SSSR count). The van der Waals surface area contributed by atoms with Gasteiger partial charge in [-0.2, -0.15) is 0 Å². The minimum Gasteiger partial charge on any atom is -0.507 e. The third-order valence-corrected chi connectivity index (χ3v) is 7.24. The van der Waals surface area contributed by atoms with Gasteiger partial charge in [-0.3, -0.25) is 4.79 Å². The van der Waals surface area contributed by atoms with Crippen molar-refractivity contribution in [2.75, 3.05) is 18.6 Å². The smallest absolute Gasteiger partial charge is 0.231 e. The summed E-state index contributed by atoms with van der Waals surface area (Å²) in [6.07, 6.45) is 2.20. The first kappa shape index (κ1) is 20.4. The number of hydrogen-bond donors (Lipinski definition) is 2. The van der Waals surface area contributed by atoms with Crippen LogP contribution in [0.2, 0.25) is 0 Å². The maximum Gasteiger partial charge on any atom is 0.231 e. The normalized spacial score (nSPS) is 20.9. The Morgan fingerprint density at radius 1 is 1.30 bits per heavy atom. The highest BCUT2D eigenvalue weighted by molar-refractivity contribution is 7.91. The molecule has 2 aromatic rings. The van der Waals surface area contributed by atoms with Crippen LogP contribution in [0.5, 0.6) is 17.2 Å². The van der Waals surface area contributed by atoms with Gasteiger partial charge < -0.3 is 19.9 Å². The summed E-state index contributed by atoms with van der Waals surface area (Å²) in [5.74, 6) is 1.30. The summed E-state index contributed by atoms with van der Waals surface area (Å²) >= 11 is 0. The van der Waals surface area contributed by atoms with Gasteiger partial charge in [-0.05, 0) is 43.2 Å². The third kappa shape index (κ3) is 3.93. The summed E-state index contributed by atoms with van der Waals surface area (Å²) in [6.45, 7) is 1.96. The topological polar surface area (TPSA) is 102 Å². The molecule has 0 saturated carbocycles. The summed E-state index contributed by atoms with van der Waals surface area (Å²) in [5, 5.41) is 13.7. The second-order valence-corrected chi connectivity index (χ2v) is 9.81. The van der Waals surface area contributed by atoms with E-state index < -0.39 is 9.84 Å². The number of sulfone groups is 1. The van der Waals surface area contributed by atoms with E-state index in [-0.39, 0.29) is 41.4 Å². The molecule has 2 aromatic carbocycles. The van der Waals surface area contributed by atoms with Crippen molar-refractivity contribution in [2.45, 2.75) is 25.9 Å². The number of allylic oxidation sites excluding steroid dienone is 1. The first-order valence-corrected chi connectivity index (χ1v) is 11.5. The van der Waals surface area contributed by atoms with Crippen LogP contribution >= 0.6 is 0 Å². The number of rotatable bonds is 5. The average Bonchev–Trinajstić information content (AvgIpc) is 3.23. The molecule has 1 atom stereocenters. The first-order valence-electron chi connectivity index (χ1n) is 9.65. The molecular formula is C22H23NO6S. The Balaban J connectivity index is 1.56. The Labute approximate surface area is 175 Å². The van der Waals surface area contributed by atoms with Gasteiger partial charge in [0.15, 0.2) is 15.6 Å². The molecule has 158 valence electrons. The molecule has 7 nitrogen and oxygen atoms in total. The fraction of sp³-hybridized carbons (Fsp3) is 0.318. The van der Waals surface area contributed by atoms with Crippen molar-refractivity contribution in [2.24, 2.45) is 0 Å². The summed E-state index contributed by atoms with van der Waals surface area (Å²) < 4.78 is 34.2. The summed E-state index contributed by atoms with van der Waals surface area (Å²) in [4.78, 5) is 12.9. The Morgan fingerprint density at radius 3 is 2.67 bits per heavy atom. The summed E-state index contributed by atoms with van der Waals surface area (Å²) in [6, 6.07) is 8.69. The largest absolute Gasteiger partial charge is 0.507 e. The van der Waals surface area contributed by atoms with Crippen LogP contribution in [0.25, 0.3) is 6.08 Å². The lowest BCUT2D eigenvalue weighted by molar-refractivity contribution is 0.101. The molecule has 0 radical (unpaired) electrons. The van der Waals surface area contributed by atoms with Crippen LogP contribution in [0, 0.1) is 6.92 Å². The number of carbonyl (C=O) groups excluding carboxylic acids is 1. The number of ether oxygens (including phenoxy) is 2. The van der Waals surface area contributed by atoms with Gasteiger partial charge in [-0.25, -0.2) is 8.42 Å². The van der Waals surface area contributed by atoms with Crippen molar-refractivity contribution in [3.8, 4) is 17.2 Å². The number of methoxy groups -OCH3 is 1. The molecule has 1 saturated heterocycles. The van der Waals surface area contributed by atoms with E-state index in [0.29, 0.717) is 34.6 Å². The molecule has 0 spiro atoms. The molecular weight excluding hydrogens is 406 g/mol. The van der Waals surface area contributed by atoms with Crippen LogP contribution in [-0.2, 0) is 16.4 Å². The van der Waals surface area contributed by atoms with E-state index in [0.717, 1.165) is 5.56 Å². The second-order valence-electron chi connectivity index (χ2n) is 7.58. The SMILES string of the molecule is COc1ccc(/C=C2\Oc3c(cc(CN[C@H]4CCS(=O)(=O)C4)c(O)c3C)C2=O)cc1. The predicted molar refractivity (Wildman–Crippen MR) is 113 cm³/mol. The lowest BCUT2D eigenvalue weighted by atomic mass is 10.0. The number of Topliss-reactive ketones (excluding diaryl/α,β-unsaturated/α-hetero) is 1.